The number of hydrogen-bond acceptors (Lipinski definition) is 5. The predicted molar refractivity (Wildman–Crippen MR) is 110 cm³/mol. The molecule has 0 saturated carbocycles. The lowest BCUT2D eigenvalue weighted by Gasteiger charge is -2.10. The van der Waals surface area contributed by atoms with Crippen molar-refractivity contribution >= 4 is 22.6 Å². The molecule has 7 nitrogen and oxygen atoms in total. The molecule has 0 aliphatic carbocycles. The first-order chi connectivity index (χ1) is 13.7. The van der Waals surface area contributed by atoms with Crippen molar-refractivity contribution in [3.05, 3.63) is 41.9 Å². The second kappa shape index (κ2) is 8.93. The Morgan fingerprint density at radius 2 is 2.18 bits per heavy atom. The molecule has 1 atom stereocenters. The number of hydrogen-bond donors (Lipinski definition) is 1. The fourth-order valence-electron chi connectivity index (χ4n) is 3.31. The SMILES string of the molecule is CC.CCc1nn(-c2cccc(C3CCOC3)n2)c2cc(NC(C)=O)ncc12. The van der Waals surface area contributed by atoms with E-state index in [1.807, 2.05) is 42.8 Å². The maximum atomic E-state index is 11.4. The van der Waals surface area contributed by atoms with Gasteiger partial charge in [0.15, 0.2) is 5.82 Å². The molecule has 1 N–H and O–H groups in total. The third kappa shape index (κ3) is 4.04. The number of ether oxygens (including phenoxy) is 1. The predicted octanol–water partition coefficient (Wildman–Crippen LogP) is 3.87. The molecule has 0 spiro atoms. The van der Waals surface area contributed by atoms with Crippen LogP contribution in [0.15, 0.2) is 30.5 Å². The Hall–Kier alpha value is -2.80. The van der Waals surface area contributed by atoms with Crippen molar-refractivity contribution in [2.24, 2.45) is 0 Å². The molecule has 0 bridgehead atoms. The lowest BCUT2D eigenvalue weighted by Crippen LogP contribution is -2.08. The van der Waals surface area contributed by atoms with Crippen LogP contribution in [0.2, 0.25) is 0 Å². The first kappa shape index (κ1) is 19.9. The van der Waals surface area contributed by atoms with Gasteiger partial charge in [-0.05, 0) is 25.0 Å². The van der Waals surface area contributed by atoms with Crippen molar-refractivity contribution in [1.82, 2.24) is 19.7 Å². The second-order valence-corrected chi connectivity index (χ2v) is 6.46. The Morgan fingerprint density at radius 3 is 2.86 bits per heavy atom. The maximum Gasteiger partial charge on any atom is 0.222 e. The summed E-state index contributed by atoms with van der Waals surface area (Å²) in [4.78, 5) is 20.5. The largest absolute Gasteiger partial charge is 0.381 e. The fourth-order valence-corrected chi connectivity index (χ4v) is 3.31. The summed E-state index contributed by atoms with van der Waals surface area (Å²) in [6.07, 6.45) is 3.55. The molecule has 28 heavy (non-hydrogen) atoms. The van der Waals surface area contributed by atoms with Gasteiger partial charge in [-0.1, -0.05) is 26.8 Å². The summed E-state index contributed by atoms with van der Waals surface area (Å²) in [6.45, 7) is 9.03. The molecule has 7 heteroatoms. The molecular weight excluding hydrogens is 354 g/mol. The van der Waals surface area contributed by atoms with Crippen LogP contribution in [0.4, 0.5) is 5.82 Å². The summed E-state index contributed by atoms with van der Waals surface area (Å²) in [5, 5.41) is 8.44. The highest BCUT2D eigenvalue weighted by Crippen LogP contribution is 2.27. The van der Waals surface area contributed by atoms with Crippen LogP contribution in [0.1, 0.15) is 51.4 Å². The van der Waals surface area contributed by atoms with Crippen LogP contribution in [-0.2, 0) is 16.0 Å². The Labute approximate surface area is 165 Å². The first-order valence-electron chi connectivity index (χ1n) is 9.86. The van der Waals surface area contributed by atoms with E-state index < -0.39 is 0 Å². The highest BCUT2D eigenvalue weighted by Gasteiger charge is 2.20. The topological polar surface area (TPSA) is 81.9 Å². The average molecular weight is 381 g/mol. The summed E-state index contributed by atoms with van der Waals surface area (Å²) >= 11 is 0. The third-order valence-electron chi connectivity index (χ3n) is 4.60. The van der Waals surface area contributed by atoms with Gasteiger partial charge in [-0.25, -0.2) is 14.6 Å². The minimum absolute atomic E-state index is 0.153. The number of carbonyl (C=O) groups excluding carboxylic acids is 1. The van der Waals surface area contributed by atoms with Gasteiger partial charge in [-0.2, -0.15) is 5.10 Å². The minimum Gasteiger partial charge on any atom is -0.381 e. The molecule has 1 unspecified atom stereocenters. The standard InChI is InChI=1S/C19H21N5O2.C2H6/c1-3-15-14-10-20-18(21-12(2)25)9-17(14)24(23-15)19-6-4-5-16(22-19)13-7-8-26-11-13;1-2/h4-6,9-10,13H,3,7-8,11H2,1-2H3,(H,20,21,25);1-2H3. The van der Waals surface area contributed by atoms with Crippen molar-refractivity contribution in [2.75, 3.05) is 18.5 Å². The lowest BCUT2D eigenvalue weighted by atomic mass is 10.0. The number of nitrogens with one attached hydrogen (secondary N) is 1. The van der Waals surface area contributed by atoms with Crippen LogP contribution in [0.5, 0.6) is 0 Å². The highest BCUT2D eigenvalue weighted by atomic mass is 16.5. The van der Waals surface area contributed by atoms with Gasteiger partial charge in [0.05, 0.1) is 17.8 Å². The van der Waals surface area contributed by atoms with Crippen LogP contribution >= 0.6 is 0 Å². The van der Waals surface area contributed by atoms with Crippen LogP contribution in [-0.4, -0.2) is 38.9 Å². The molecule has 1 amide bonds. The van der Waals surface area contributed by atoms with Gasteiger partial charge < -0.3 is 10.1 Å². The summed E-state index contributed by atoms with van der Waals surface area (Å²) in [6, 6.07) is 7.84. The average Bonchev–Trinajstić information content (AvgIpc) is 3.37. The number of carbonyl (C=O) groups is 1. The molecule has 148 valence electrons. The first-order valence-corrected chi connectivity index (χ1v) is 9.86. The normalized spacial score (nSPS) is 15.9. The number of amides is 1. The molecule has 3 aromatic heterocycles. The number of fused-ring (bicyclic) bond motifs is 1. The number of anilines is 1. The van der Waals surface area contributed by atoms with E-state index in [1.165, 1.54) is 6.92 Å². The fraction of sp³-hybridized carbons (Fsp3) is 0.429. The maximum absolute atomic E-state index is 11.4. The molecule has 3 aromatic rings. The van der Waals surface area contributed by atoms with Crippen LogP contribution < -0.4 is 5.32 Å². The van der Waals surface area contributed by atoms with E-state index in [2.05, 4.69) is 17.2 Å². The molecule has 0 radical (unpaired) electrons. The van der Waals surface area contributed by atoms with Gasteiger partial charge in [-0.3, -0.25) is 4.79 Å². The number of nitrogens with zero attached hydrogens (tertiary/aromatic N) is 4. The van der Waals surface area contributed by atoms with E-state index in [9.17, 15) is 4.79 Å². The molecule has 4 heterocycles. The zero-order valence-electron chi connectivity index (χ0n) is 16.9. The van der Waals surface area contributed by atoms with Gasteiger partial charge in [-0.15, -0.1) is 0 Å². The van der Waals surface area contributed by atoms with Crippen molar-refractivity contribution in [3.63, 3.8) is 0 Å². The molecule has 0 aromatic carbocycles. The Bertz CT molecular complexity index is 961. The van der Waals surface area contributed by atoms with Crippen molar-refractivity contribution < 1.29 is 9.53 Å². The third-order valence-corrected chi connectivity index (χ3v) is 4.60. The minimum atomic E-state index is -0.153. The number of rotatable bonds is 4. The van der Waals surface area contributed by atoms with E-state index in [-0.39, 0.29) is 5.91 Å². The molecule has 1 fully saturated rings. The molecule has 1 saturated heterocycles. The van der Waals surface area contributed by atoms with Crippen LogP contribution in [0.25, 0.3) is 16.7 Å². The van der Waals surface area contributed by atoms with Crippen molar-refractivity contribution in [2.45, 2.75) is 46.5 Å². The van der Waals surface area contributed by atoms with Crippen LogP contribution in [0.3, 0.4) is 0 Å². The summed E-state index contributed by atoms with van der Waals surface area (Å²) < 4.78 is 7.32. The van der Waals surface area contributed by atoms with Crippen molar-refractivity contribution in [3.8, 4) is 5.82 Å². The Kier molecular flexibility index (Phi) is 6.36. The van der Waals surface area contributed by atoms with E-state index in [0.29, 0.717) is 18.3 Å². The van der Waals surface area contributed by atoms with Crippen LogP contribution in [0, 0.1) is 0 Å². The quantitative estimate of drug-likeness (QED) is 0.742. The zero-order chi connectivity index (χ0) is 20.1. The molecule has 1 aliphatic heterocycles. The van der Waals surface area contributed by atoms with Gasteiger partial charge >= 0.3 is 0 Å². The van der Waals surface area contributed by atoms with E-state index in [4.69, 9.17) is 14.8 Å². The van der Waals surface area contributed by atoms with Gasteiger partial charge in [0.25, 0.3) is 0 Å². The molecule has 4 rings (SSSR count). The van der Waals surface area contributed by atoms with E-state index in [0.717, 1.165) is 47.6 Å². The Balaban J connectivity index is 0.00000109. The number of aromatic nitrogens is 4. The van der Waals surface area contributed by atoms with Gasteiger partial charge in [0, 0.05) is 42.8 Å². The molecular formula is C21H27N5O2. The monoisotopic (exact) mass is 381 g/mol. The second-order valence-electron chi connectivity index (χ2n) is 6.46. The number of aryl methyl sites for hydroxylation is 1. The summed E-state index contributed by atoms with van der Waals surface area (Å²) in [5.41, 5.74) is 2.86. The smallest absolute Gasteiger partial charge is 0.222 e. The highest BCUT2D eigenvalue weighted by molar-refractivity contribution is 5.91. The van der Waals surface area contributed by atoms with E-state index in [1.54, 1.807) is 6.20 Å². The zero-order valence-corrected chi connectivity index (χ0v) is 16.9. The van der Waals surface area contributed by atoms with Crippen molar-refractivity contribution in [1.29, 1.82) is 0 Å². The van der Waals surface area contributed by atoms with Gasteiger partial charge in [0.2, 0.25) is 5.91 Å². The number of pyridine rings is 2. The van der Waals surface area contributed by atoms with Gasteiger partial charge in [0.1, 0.15) is 5.82 Å². The summed E-state index contributed by atoms with van der Waals surface area (Å²) in [7, 11) is 0. The lowest BCUT2D eigenvalue weighted by molar-refractivity contribution is -0.114. The Morgan fingerprint density at radius 1 is 1.36 bits per heavy atom. The molecule has 1 aliphatic rings. The summed E-state index contributed by atoms with van der Waals surface area (Å²) in [5.74, 6) is 1.45. The van der Waals surface area contributed by atoms with E-state index >= 15 is 0 Å².